The first kappa shape index (κ1) is 16.3. The van der Waals surface area contributed by atoms with Crippen molar-refractivity contribution in [3.63, 3.8) is 0 Å². The van der Waals surface area contributed by atoms with E-state index in [1.165, 1.54) is 0 Å². The van der Waals surface area contributed by atoms with Crippen LogP contribution in [0.25, 0.3) is 0 Å². The van der Waals surface area contributed by atoms with Crippen molar-refractivity contribution in [1.82, 2.24) is 0 Å². The van der Waals surface area contributed by atoms with Gasteiger partial charge in [-0.05, 0) is 18.1 Å². The molecule has 7 heteroatoms. The predicted octanol–water partition coefficient (Wildman–Crippen LogP) is 3.93. The molecule has 20 heavy (non-hydrogen) atoms. The lowest BCUT2D eigenvalue weighted by atomic mass is 10.2. The van der Waals surface area contributed by atoms with Gasteiger partial charge in [0, 0.05) is 12.1 Å². The van der Waals surface area contributed by atoms with Crippen molar-refractivity contribution >= 4 is 20.3 Å². The zero-order valence-corrected chi connectivity index (χ0v) is 13.2. The maximum atomic E-state index is 13.7. The number of carbonyl (C=O) groups is 1. The summed E-state index contributed by atoms with van der Waals surface area (Å²) in [5.74, 6) is -0.941. The van der Waals surface area contributed by atoms with E-state index in [1.807, 2.05) is 33.9 Å². The lowest BCUT2D eigenvalue weighted by Crippen LogP contribution is -2.44. The van der Waals surface area contributed by atoms with Gasteiger partial charge in [0.15, 0.2) is 6.29 Å². The van der Waals surface area contributed by atoms with Crippen LogP contribution < -0.4 is 4.43 Å². The number of rotatable bonds is 4. The summed E-state index contributed by atoms with van der Waals surface area (Å²) < 4.78 is 19.5. The van der Waals surface area contributed by atoms with Gasteiger partial charge in [-0.3, -0.25) is 14.9 Å². The van der Waals surface area contributed by atoms with Crippen LogP contribution in [0, 0.1) is 15.9 Å². The molecule has 0 amide bonds. The highest BCUT2D eigenvalue weighted by molar-refractivity contribution is 6.74. The minimum Gasteiger partial charge on any atom is -0.543 e. The molecule has 0 unspecified atom stereocenters. The van der Waals surface area contributed by atoms with Crippen LogP contribution in [0.5, 0.6) is 5.75 Å². The molecule has 1 aromatic carbocycles. The smallest absolute Gasteiger partial charge is 0.305 e. The van der Waals surface area contributed by atoms with E-state index in [2.05, 4.69) is 0 Å². The molecular weight excluding hydrogens is 281 g/mol. The molecule has 0 saturated heterocycles. The maximum absolute atomic E-state index is 13.7. The van der Waals surface area contributed by atoms with Crippen molar-refractivity contribution in [2.75, 3.05) is 0 Å². The molecule has 0 saturated carbocycles. The van der Waals surface area contributed by atoms with Crippen molar-refractivity contribution in [2.24, 2.45) is 0 Å². The van der Waals surface area contributed by atoms with E-state index in [0.717, 1.165) is 12.1 Å². The molecule has 0 N–H and O–H groups in total. The van der Waals surface area contributed by atoms with E-state index >= 15 is 0 Å². The van der Waals surface area contributed by atoms with Crippen molar-refractivity contribution in [1.29, 1.82) is 0 Å². The van der Waals surface area contributed by atoms with Crippen LogP contribution in [0.4, 0.5) is 10.1 Å². The summed E-state index contributed by atoms with van der Waals surface area (Å²) in [7, 11) is -2.26. The second-order valence-corrected chi connectivity index (χ2v) is 10.8. The molecule has 0 heterocycles. The fraction of sp³-hybridized carbons (Fsp3) is 0.462. The van der Waals surface area contributed by atoms with Gasteiger partial charge in [0.05, 0.1) is 10.5 Å². The van der Waals surface area contributed by atoms with Gasteiger partial charge < -0.3 is 4.43 Å². The topological polar surface area (TPSA) is 69.4 Å². The Labute approximate surface area is 118 Å². The summed E-state index contributed by atoms with van der Waals surface area (Å²) in [6.45, 7) is 9.90. The number of nitro benzene ring substituents is 1. The van der Waals surface area contributed by atoms with Crippen LogP contribution in [0.3, 0.4) is 0 Å². The second-order valence-electron chi connectivity index (χ2n) is 6.08. The van der Waals surface area contributed by atoms with Crippen LogP contribution in [0.2, 0.25) is 18.1 Å². The third kappa shape index (κ3) is 3.22. The van der Waals surface area contributed by atoms with Gasteiger partial charge in [-0.15, -0.1) is 0 Å². The fourth-order valence-electron chi connectivity index (χ4n) is 1.31. The summed E-state index contributed by atoms with van der Waals surface area (Å²) in [5.41, 5.74) is -0.738. The molecule has 0 fully saturated rings. The number of hydrogen-bond acceptors (Lipinski definition) is 4. The van der Waals surface area contributed by atoms with E-state index in [1.54, 1.807) is 0 Å². The fourth-order valence-corrected chi connectivity index (χ4v) is 2.34. The molecule has 1 rings (SSSR count). The monoisotopic (exact) mass is 299 g/mol. The van der Waals surface area contributed by atoms with Gasteiger partial charge in [-0.25, -0.2) is 0 Å². The first-order valence-electron chi connectivity index (χ1n) is 6.12. The van der Waals surface area contributed by atoms with Crippen LogP contribution >= 0.6 is 0 Å². The number of carbonyl (C=O) groups excluding carboxylic acids is 1. The van der Waals surface area contributed by atoms with E-state index in [-0.39, 0.29) is 16.4 Å². The SMILES string of the molecule is CC(C)(C)[Si](C)(C)Oc1cc(F)c([N+](=O)[O-])cc1C=O. The molecule has 0 aromatic heterocycles. The van der Waals surface area contributed by atoms with E-state index < -0.39 is 24.7 Å². The third-order valence-corrected chi connectivity index (χ3v) is 7.92. The molecule has 0 aliphatic carbocycles. The molecule has 0 bridgehead atoms. The second kappa shape index (κ2) is 5.32. The standard InChI is InChI=1S/C13H18FNO4Si/c1-13(2,3)20(4,5)19-12-7-10(14)11(15(17)18)6-9(12)8-16/h6-8H,1-5H3. The highest BCUT2D eigenvalue weighted by Crippen LogP contribution is 2.39. The quantitative estimate of drug-likeness (QED) is 0.365. The Morgan fingerprint density at radius 1 is 1.35 bits per heavy atom. The average Bonchev–Trinajstić information content (AvgIpc) is 2.26. The van der Waals surface area contributed by atoms with Crippen molar-refractivity contribution in [3.05, 3.63) is 33.6 Å². The summed E-state index contributed by atoms with van der Waals surface area (Å²) in [6, 6.07) is 1.83. The number of nitro groups is 1. The average molecular weight is 299 g/mol. The molecule has 1 aromatic rings. The lowest BCUT2D eigenvalue weighted by Gasteiger charge is -2.36. The first-order chi connectivity index (χ1) is 8.99. The van der Waals surface area contributed by atoms with Gasteiger partial charge in [0.25, 0.3) is 8.32 Å². The molecular formula is C13H18FNO4Si. The van der Waals surface area contributed by atoms with Gasteiger partial charge >= 0.3 is 5.69 Å². The Bertz CT molecular complexity index is 552. The maximum Gasteiger partial charge on any atom is 0.305 e. The number of hydrogen-bond donors (Lipinski definition) is 0. The normalized spacial score (nSPS) is 12.1. The van der Waals surface area contributed by atoms with Crippen LogP contribution in [-0.2, 0) is 0 Å². The third-order valence-electron chi connectivity index (χ3n) is 3.57. The van der Waals surface area contributed by atoms with Crippen LogP contribution in [-0.4, -0.2) is 19.5 Å². The largest absolute Gasteiger partial charge is 0.543 e. The van der Waals surface area contributed by atoms with Crippen LogP contribution in [0.15, 0.2) is 12.1 Å². The lowest BCUT2D eigenvalue weighted by molar-refractivity contribution is -0.387. The van der Waals surface area contributed by atoms with Crippen molar-refractivity contribution in [2.45, 2.75) is 38.9 Å². The Hall–Kier alpha value is -1.76. The Balaban J connectivity index is 3.30. The molecule has 0 aliphatic rings. The first-order valence-corrected chi connectivity index (χ1v) is 9.02. The van der Waals surface area contributed by atoms with Gasteiger partial charge in [0.2, 0.25) is 5.82 Å². The highest BCUT2D eigenvalue weighted by Gasteiger charge is 2.39. The summed E-state index contributed by atoms with van der Waals surface area (Å²) in [4.78, 5) is 20.8. The Morgan fingerprint density at radius 3 is 2.30 bits per heavy atom. The zero-order chi connectivity index (χ0) is 15.7. The molecule has 0 spiro atoms. The van der Waals surface area contributed by atoms with Crippen LogP contribution in [0.1, 0.15) is 31.1 Å². The molecule has 0 atom stereocenters. The Kier molecular flexibility index (Phi) is 4.33. The number of nitrogens with zero attached hydrogens (tertiary/aromatic N) is 1. The van der Waals surface area contributed by atoms with Crippen molar-refractivity contribution < 1.29 is 18.5 Å². The highest BCUT2D eigenvalue weighted by atomic mass is 28.4. The Morgan fingerprint density at radius 2 is 1.90 bits per heavy atom. The zero-order valence-electron chi connectivity index (χ0n) is 12.2. The van der Waals surface area contributed by atoms with E-state index in [4.69, 9.17) is 4.43 Å². The molecule has 0 aliphatic heterocycles. The van der Waals surface area contributed by atoms with Crippen molar-refractivity contribution in [3.8, 4) is 5.75 Å². The molecule has 110 valence electrons. The number of halogens is 1. The minimum absolute atomic E-state index is 0.0112. The van der Waals surface area contributed by atoms with Gasteiger partial charge in [-0.2, -0.15) is 4.39 Å². The van der Waals surface area contributed by atoms with Gasteiger partial charge in [-0.1, -0.05) is 20.8 Å². The van der Waals surface area contributed by atoms with Gasteiger partial charge in [0.1, 0.15) is 5.75 Å². The summed E-state index contributed by atoms with van der Waals surface area (Å²) in [5, 5.41) is 10.5. The number of benzene rings is 1. The van der Waals surface area contributed by atoms with E-state index in [0.29, 0.717) is 6.29 Å². The van der Waals surface area contributed by atoms with E-state index in [9.17, 15) is 19.3 Å². The molecule has 5 nitrogen and oxygen atoms in total. The minimum atomic E-state index is -2.26. The summed E-state index contributed by atoms with van der Waals surface area (Å²) in [6.07, 6.45) is 0.439. The summed E-state index contributed by atoms with van der Waals surface area (Å²) >= 11 is 0. The molecule has 0 radical (unpaired) electrons. The predicted molar refractivity (Wildman–Crippen MR) is 76.3 cm³/mol. The number of aldehydes is 1.